The van der Waals surface area contributed by atoms with Crippen LogP contribution >= 0.6 is 0 Å². The van der Waals surface area contributed by atoms with Crippen molar-refractivity contribution < 1.29 is 18.0 Å². The number of carbonyl (C=O) groups excluding carboxylic acids is 1. The summed E-state index contributed by atoms with van der Waals surface area (Å²) in [6.45, 7) is 2.91. The van der Waals surface area contributed by atoms with Gasteiger partial charge in [0.25, 0.3) is 0 Å². The van der Waals surface area contributed by atoms with Gasteiger partial charge in [0.05, 0.1) is 17.4 Å². The van der Waals surface area contributed by atoms with Crippen LogP contribution in [0.4, 0.5) is 18.9 Å². The molecule has 0 aliphatic rings. The molecule has 38 heavy (non-hydrogen) atoms. The molecule has 2 heterocycles. The van der Waals surface area contributed by atoms with Gasteiger partial charge in [-0.3, -0.25) is 4.79 Å². The van der Waals surface area contributed by atoms with Crippen LogP contribution in [0.1, 0.15) is 27.0 Å². The first-order valence-corrected chi connectivity index (χ1v) is 11.9. The minimum absolute atomic E-state index is 0.0105. The van der Waals surface area contributed by atoms with Gasteiger partial charge in [-0.25, -0.2) is 14.6 Å². The Labute approximate surface area is 218 Å². The molecule has 0 fully saturated rings. The molecule has 2 aromatic carbocycles. The van der Waals surface area contributed by atoms with Crippen molar-refractivity contribution in [2.45, 2.75) is 19.5 Å². The van der Waals surface area contributed by atoms with Crippen LogP contribution in [-0.4, -0.2) is 69.9 Å². The highest BCUT2D eigenvalue weighted by molar-refractivity contribution is 5.98. The molecular weight excluding hydrogens is 495 g/mol. The Morgan fingerprint density at radius 1 is 1.00 bits per heavy atom. The van der Waals surface area contributed by atoms with Gasteiger partial charge in [0.1, 0.15) is 12.0 Å². The fourth-order valence-electron chi connectivity index (χ4n) is 3.98. The third-order valence-corrected chi connectivity index (χ3v) is 6.15. The van der Waals surface area contributed by atoms with Gasteiger partial charge in [-0.15, -0.1) is 5.10 Å². The molecule has 198 valence electrons. The van der Waals surface area contributed by atoms with Crippen LogP contribution in [0.3, 0.4) is 0 Å². The topological polar surface area (TPSA) is 80.0 Å². The van der Waals surface area contributed by atoms with E-state index in [1.54, 1.807) is 47.4 Å². The number of hydrogen-bond donors (Lipinski definition) is 0. The number of nitrogens with zero attached hydrogens (tertiary/aromatic N) is 7. The van der Waals surface area contributed by atoms with Crippen molar-refractivity contribution in [3.8, 4) is 16.9 Å². The van der Waals surface area contributed by atoms with Gasteiger partial charge in [0, 0.05) is 55.8 Å². The third kappa shape index (κ3) is 6.23. The van der Waals surface area contributed by atoms with Gasteiger partial charge in [0.15, 0.2) is 5.78 Å². The Balaban J connectivity index is 1.57. The summed E-state index contributed by atoms with van der Waals surface area (Å²) in [5, 5.41) is 8.36. The standard InChI is InChI=1S/C27H28F3N7O/c1-18-5-6-19(11-25(18)37-16-23(33-34-37)21-14-31-17-32-15-21)12-26(38)20-7-8-24(22(13-20)27(28,29)30)36(4)10-9-35(2)3/h5-8,11,13-17H,9-10,12H2,1-4H3. The number of alkyl halides is 3. The average molecular weight is 524 g/mol. The summed E-state index contributed by atoms with van der Waals surface area (Å²) in [7, 11) is 5.33. The smallest absolute Gasteiger partial charge is 0.373 e. The van der Waals surface area contributed by atoms with E-state index in [9.17, 15) is 18.0 Å². The first-order chi connectivity index (χ1) is 18.0. The maximum Gasteiger partial charge on any atom is 0.418 e. The molecular formula is C27H28F3N7O. The number of halogens is 3. The van der Waals surface area contributed by atoms with Crippen LogP contribution in [0, 0.1) is 6.92 Å². The molecule has 4 aromatic rings. The number of Topliss-reactive ketones (excluding diaryl/α,β-unsaturated/α-hetero) is 1. The Bertz CT molecular complexity index is 1420. The van der Waals surface area contributed by atoms with Gasteiger partial charge in [-0.2, -0.15) is 13.2 Å². The molecule has 0 spiro atoms. The maximum absolute atomic E-state index is 13.9. The third-order valence-electron chi connectivity index (χ3n) is 6.15. The van der Waals surface area contributed by atoms with E-state index in [4.69, 9.17) is 0 Å². The second kappa shape index (κ2) is 11.1. The first kappa shape index (κ1) is 26.9. The summed E-state index contributed by atoms with van der Waals surface area (Å²) < 4.78 is 43.3. The van der Waals surface area contributed by atoms with E-state index in [2.05, 4.69) is 20.3 Å². The summed E-state index contributed by atoms with van der Waals surface area (Å²) in [6, 6.07) is 9.20. The minimum Gasteiger partial charge on any atom is -0.373 e. The predicted molar refractivity (Wildman–Crippen MR) is 138 cm³/mol. The zero-order chi connectivity index (χ0) is 27.4. The van der Waals surface area contributed by atoms with E-state index < -0.39 is 17.5 Å². The summed E-state index contributed by atoms with van der Waals surface area (Å²) in [5.74, 6) is -0.409. The lowest BCUT2D eigenvalue weighted by Gasteiger charge is -2.25. The Morgan fingerprint density at radius 2 is 1.74 bits per heavy atom. The summed E-state index contributed by atoms with van der Waals surface area (Å²) in [6.07, 6.45) is 1.76. The zero-order valence-electron chi connectivity index (χ0n) is 21.6. The fraction of sp³-hybridized carbons (Fsp3) is 0.296. The molecule has 0 aliphatic heterocycles. The number of hydrogen-bond acceptors (Lipinski definition) is 7. The van der Waals surface area contributed by atoms with Crippen molar-refractivity contribution in [1.82, 2.24) is 29.9 Å². The molecule has 0 aliphatic carbocycles. The molecule has 0 unspecified atom stereocenters. The van der Waals surface area contributed by atoms with Crippen molar-refractivity contribution in [3.05, 3.63) is 83.6 Å². The van der Waals surface area contributed by atoms with Crippen LogP contribution in [0.5, 0.6) is 0 Å². The normalized spacial score (nSPS) is 11.7. The van der Waals surface area contributed by atoms with E-state index in [-0.39, 0.29) is 17.7 Å². The molecule has 0 saturated carbocycles. The molecule has 2 aromatic heterocycles. The lowest BCUT2D eigenvalue weighted by Crippen LogP contribution is -2.30. The van der Waals surface area contributed by atoms with Crippen molar-refractivity contribution in [1.29, 1.82) is 0 Å². The first-order valence-electron chi connectivity index (χ1n) is 11.9. The van der Waals surface area contributed by atoms with Gasteiger partial charge < -0.3 is 9.80 Å². The van der Waals surface area contributed by atoms with Gasteiger partial charge in [0.2, 0.25) is 0 Å². The lowest BCUT2D eigenvalue weighted by molar-refractivity contribution is -0.137. The average Bonchev–Trinajstić information content (AvgIpc) is 3.38. The molecule has 0 bridgehead atoms. The number of aromatic nitrogens is 5. The molecule has 0 N–H and O–H groups in total. The molecule has 0 saturated heterocycles. The molecule has 4 rings (SSSR count). The van der Waals surface area contributed by atoms with Gasteiger partial charge >= 0.3 is 6.18 Å². The minimum atomic E-state index is -4.59. The number of benzene rings is 2. The van der Waals surface area contributed by atoms with Crippen molar-refractivity contribution in [3.63, 3.8) is 0 Å². The number of rotatable bonds is 9. The second-order valence-electron chi connectivity index (χ2n) is 9.35. The van der Waals surface area contributed by atoms with Crippen LogP contribution in [0.2, 0.25) is 0 Å². The molecule has 0 atom stereocenters. The SMILES string of the molecule is Cc1ccc(CC(=O)c2ccc(N(C)CCN(C)C)c(C(F)(F)F)c2)cc1-n1cc(-c2cncnc2)nn1. The van der Waals surface area contributed by atoms with E-state index in [1.165, 1.54) is 18.5 Å². The van der Waals surface area contributed by atoms with Crippen molar-refractivity contribution in [2.75, 3.05) is 39.1 Å². The Hall–Kier alpha value is -4.12. The zero-order valence-corrected chi connectivity index (χ0v) is 21.6. The summed E-state index contributed by atoms with van der Waals surface area (Å²) in [5.41, 5.74) is 2.77. The number of likely N-dealkylation sites (N-methyl/N-ethyl adjacent to an activating group) is 2. The van der Waals surface area contributed by atoms with E-state index >= 15 is 0 Å². The van der Waals surface area contributed by atoms with Crippen LogP contribution in [-0.2, 0) is 12.6 Å². The van der Waals surface area contributed by atoms with Crippen LogP contribution in [0.15, 0.2) is 61.3 Å². The number of anilines is 1. The monoisotopic (exact) mass is 523 g/mol. The van der Waals surface area contributed by atoms with Crippen molar-refractivity contribution in [2.24, 2.45) is 0 Å². The van der Waals surface area contributed by atoms with Crippen molar-refractivity contribution >= 4 is 11.5 Å². The Morgan fingerprint density at radius 3 is 2.42 bits per heavy atom. The molecule has 0 amide bonds. The molecule has 8 nitrogen and oxygen atoms in total. The summed E-state index contributed by atoms with van der Waals surface area (Å²) >= 11 is 0. The predicted octanol–water partition coefficient (Wildman–Crippen LogP) is 4.47. The lowest BCUT2D eigenvalue weighted by atomic mass is 9.98. The van der Waals surface area contributed by atoms with E-state index in [0.29, 0.717) is 35.6 Å². The van der Waals surface area contributed by atoms with Crippen LogP contribution < -0.4 is 4.90 Å². The van der Waals surface area contributed by atoms with Gasteiger partial charge in [-0.05, 0) is 56.4 Å². The largest absolute Gasteiger partial charge is 0.418 e. The van der Waals surface area contributed by atoms with E-state index in [0.717, 1.165) is 11.6 Å². The fourth-order valence-corrected chi connectivity index (χ4v) is 3.98. The van der Waals surface area contributed by atoms with E-state index in [1.807, 2.05) is 32.0 Å². The number of ketones is 1. The highest BCUT2D eigenvalue weighted by atomic mass is 19.4. The highest BCUT2D eigenvalue weighted by Crippen LogP contribution is 2.37. The quantitative estimate of drug-likeness (QED) is 0.300. The van der Waals surface area contributed by atoms with Crippen LogP contribution in [0.25, 0.3) is 16.9 Å². The maximum atomic E-state index is 13.9. The second-order valence-corrected chi connectivity index (χ2v) is 9.35. The Kier molecular flexibility index (Phi) is 7.86. The summed E-state index contributed by atoms with van der Waals surface area (Å²) in [4.78, 5) is 24.5. The molecule has 0 radical (unpaired) electrons. The van der Waals surface area contributed by atoms with Gasteiger partial charge in [-0.1, -0.05) is 17.3 Å². The highest BCUT2D eigenvalue weighted by Gasteiger charge is 2.35. The molecule has 11 heteroatoms. The number of carbonyl (C=O) groups is 1. The number of aryl methyl sites for hydroxylation is 1.